The van der Waals surface area contributed by atoms with Gasteiger partial charge in [-0.1, -0.05) is 11.6 Å². The quantitative estimate of drug-likeness (QED) is 0.348. The van der Waals surface area contributed by atoms with Crippen molar-refractivity contribution < 1.29 is 13.2 Å². The molecule has 4 nitrogen and oxygen atoms in total. The minimum absolute atomic E-state index is 0. The van der Waals surface area contributed by atoms with Gasteiger partial charge in [0.25, 0.3) is 0 Å². The highest BCUT2D eigenvalue weighted by Gasteiger charge is 2.34. The Kier molecular flexibility index (Phi) is 9.83. The van der Waals surface area contributed by atoms with Gasteiger partial charge in [0, 0.05) is 43.5 Å². The second-order valence-electron chi connectivity index (χ2n) is 5.70. The van der Waals surface area contributed by atoms with Gasteiger partial charge in [-0.3, -0.25) is 9.89 Å². The zero-order chi connectivity index (χ0) is 17.6. The average molecular weight is 511 g/mol. The highest BCUT2D eigenvalue weighted by Crippen LogP contribution is 2.22. The normalized spacial score (nSPS) is 18.9. The summed E-state index contributed by atoms with van der Waals surface area (Å²) >= 11 is 7.43. The Morgan fingerprint density at radius 3 is 2.80 bits per heavy atom. The maximum Gasteiger partial charge on any atom is 0.401 e. The summed E-state index contributed by atoms with van der Waals surface area (Å²) in [7, 11) is 0. The van der Waals surface area contributed by atoms with Crippen LogP contribution < -0.4 is 10.6 Å². The number of hydrogen-bond donors (Lipinski definition) is 2. The number of alkyl halides is 3. The molecule has 1 aromatic rings. The van der Waals surface area contributed by atoms with Crippen molar-refractivity contribution in [3.8, 4) is 0 Å². The van der Waals surface area contributed by atoms with Gasteiger partial charge in [0.05, 0.1) is 10.9 Å². The number of nitrogens with one attached hydrogen (secondary N) is 2. The number of aliphatic imine (C=N–C) groups is 1. The Bertz CT molecular complexity index is 553. The second-order valence-corrected chi connectivity index (χ2v) is 7.50. The summed E-state index contributed by atoms with van der Waals surface area (Å²) in [5.74, 6) is 0.652. The summed E-state index contributed by atoms with van der Waals surface area (Å²) in [6.45, 7) is 3.24. The first-order valence-corrected chi connectivity index (χ1v) is 9.13. The summed E-state index contributed by atoms with van der Waals surface area (Å²) in [6, 6.07) is 3.83. The fourth-order valence-corrected chi connectivity index (χ4v) is 3.70. The lowest BCUT2D eigenvalue weighted by Crippen LogP contribution is -2.45. The molecule has 25 heavy (non-hydrogen) atoms. The fourth-order valence-electron chi connectivity index (χ4n) is 2.62. The Balaban J connectivity index is 0.00000312. The minimum Gasteiger partial charge on any atom is -0.357 e. The molecule has 0 radical (unpaired) electrons. The van der Waals surface area contributed by atoms with E-state index in [0.717, 1.165) is 15.6 Å². The number of hydrogen-bond acceptors (Lipinski definition) is 3. The van der Waals surface area contributed by atoms with E-state index in [4.69, 9.17) is 11.6 Å². The topological polar surface area (TPSA) is 39.7 Å². The predicted molar refractivity (Wildman–Crippen MR) is 108 cm³/mol. The van der Waals surface area contributed by atoms with Crippen molar-refractivity contribution in [1.29, 1.82) is 0 Å². The summed E-state index contributed by atoms with van der Waals surface area (Å²) in [5.41, 5.74) is 0. The van der Waals surface area contributed by atoms with Gasteiger partial charge in [-0.25, -0.2) is 0 Å². The molecule has 1 fully saturated rings. The molecule has 0 bridgehead atoms. The highest BCUT2D eigenvalue weighted by atomic mass is 127. The smallest absolute Gasteiger partial charge is 0.357 e. The Labute approximate surface area is 172 Å². The van der Waals surface area contributed by atoms with E-state index < -0.39 is 12.7 Å². The molecule has 1 atom stereocenters. The monoisotopic (exact) mass is 510 g/mol. The first-order chi connectivity index (χ1) is 11.4. The lowest BCUT2D eigenvalue weighted by Gasteiger charge is -2.19. The van der Waals surface area contributed by atoms with Gasteiger partial charge in [-0.2, -0.15) is 13.2 Å². The number of guanidine groups is 1. The number of nitrogens with zero attached hydrogens (tertiary/aromatic N) is 2. The van der Waals surface area contributed by atoms with Crippen molar-refractivity contribution >= 4 is 52.9 Å². The van der Waals surface area contributed by atoms with E-state index >= 15 is 0 Å². The van der Waals surface area contributed by atoms with E-state index in [9.17, 15) is 13.2 Å². The molecular formula is C15H23ClF3IN4S. The molecule has 0 spiro atoms. The van der Waals surface area contributed by atoms with Crippen molar-refractivity contribution in [1.82, 2.24) is 15.5 Å². The van der Waals surface area contributed by atoms with Gasteiger partial charge in [-0.15, -0.1) is 35.3 Å². The first kappa shape index (κ1) is 22.8. The maximum atomic E-state index is 12.4. The van der Waals surface area contributed by atoms with Crippen LogP contribution in [0.25, 0.3) is 0 Å². The van der Waals surface area contributed by atoms with Gasteiger partial charge in [-0.05, 0) is 25.5 Å². The third kappa shape index (κ3) is 8.78. The van der Waals surface area contributed by atoms with Crippen molar-refractivity contribution in [2.24, 2.45) is 4.99 Å². The van der Waals surface area contributed by atoms with E-state index in [2.05, 4.69) is 15.6 Å². The molecule has 2 heterocycles. The van der Waals surface area contributed by atoms with Crippen LogP contribution in [-0.4, -0.2) is 55.8 Å². The molecule has 1 unspecified atom stereocenters. The second kappa shape index (κ2) is 10.8. The lowest BCUT2D eigenvalue weighted by atomic mass is 10.3. The molecule has 0 aromatic carbocycles. The zero-order valence-electron chi connectivity index (χ0n) is 13.9. The summed E-state index contributed by atoms with van der Waals surface area (Å²) < 4.78 is 38.1. The van der Waals surface area contributed by atoms with Crippen molar-refractivity contribution in [2.45, 2.75) is 32.0 Å². The van der Waals surface area contributed by atoms with E-state index in [0.29, 0.717) is 38.6 Å². The van der Waals surface area contributed by atoms with Gasteiger partial charge in [0.15, 0.2) is 5.96 Å². The molecule has 0 aliphatic carbocycles. The van der Waals surface area contributed by atoms with E-state index in [1.165, 1.54) is 16.2 Å². The van der Waals surface area contributed by atoms with Crippen molar-refractivity contribution in [2.75, 3.05) is 32.7 Å². The van der Waals surface area contributed by atoms with E-state index in [-0.39, 0.29) is 30.0 Å². The van der Waals surface area contributed by atoms with Crippen LogP contribution in [0, 0.1) is 0 Å². The third-order valence-corrected chi connectivity index (χ3v) is 4.91. The molecule has 1 aliphatic heterocycles. The molecule has 2 rings (SSSR count). The molecule has 0 saturated carbocycles. The van der Waals surface area contributed by atoms with Crippen LogP contribution in [0.15, 0.2) is 17.1 Å². The Hall–Kier alpha value is -0.260. The van der Waals surface area contributed by atoms with Crippen LogP contribution in [0.3, 0.4) is 0 Å². The Morgan fingerprint density at radius 1 is 1.44 bits per heavy atom. The van der Waals surface area contributed by atoms with Gasteiger partial charge in [0.2, 0.25) is 0 Å². The van der Waals surface area contributed by atoms with Gasteiger partial charge in [0.1, 0.15) is 0 Å². The summed E-state index contributed by atoms with van der Waals surface area (Å²) in [5, 5.41) is 6.37. The molecule has 0 amide bonds. The van der Waals surface area contributed by atoms with Crippen LogP contribution >= 0.6 is 46.9 Å². The molecule has 2 N–H and O–H groups in total. The minimum atomic E-state index is -4.14. The number of rotatable bonds is 6. The van der Waals surface area contributed by atoms with Crippen LogP contribution in [-0.2, 0) is 6.42 Å². The predicted octanol–water partition coefficient (Wildman–Crippen LogP) is 3.75. The van der Waals surface area contributed by atoms with Crippen LogP contribution in [0.5, 0.6) is 0 Å². The van der Waals surface area contributed by atoms with E-state index in [1.807, 2.05) is 19.1 Å². The number of thiophene rings is 1. The SMILES string of the molecule is CCNC(=NCCc1ccc(Cl)s1)NC1CCN(CC(F)(F)F)C1.I. The fraction of sp³-hybridized carbons (Fsp3) is 0.667. The summed E-state index contributed by atoms with van der Waals surface area (Å²) in [6.07, 6.45) is -2.67. The maximum absolute atomic E-state index is 12.4. The van der Waals surface area contributed by atoms with Crippen LogP contribution in [0.2, 0.25) is 4.34 Å². The molecular weight excluding hydrogens is 488 g/mol. The third-order valence-electron chi connectivity index (χ3n) is 3.62. The molecule has 1 aromatic heterocycles. The summed E-state index contributed by atoms with van der Waals surface area (Å²) in [4.78, 5) is 7.09. The standard InChI is InChI=1S/C15H22ClF3N4S.HI/c1-2-20-14(21-7-5-12-3-4-13(16)24-12)22-11-6-8-23(9-11)10-15(17,18)19;/h3-4,11H,2,5-10H2,1H3,(H2,20,21,22);1H. The van der Waals surface area contributed by atoms with Gasteiger partial charge >= 0.3 is 6.18 Å². The molecule has 10 heteroatoms. The highest BCUT2D eigenvalue weighted by molar-refractivity contribution is 14.0. The van der Waals surface area contributed by atoms with Gasteiger partial charge < -0.3 is 10.6 Å². The molecule has 1 aliphatic rings. The number of likely N-dealkylation sites (tertiary alicyclic amines) is 1. The van der Waals surface area contributed by atoms with Crippen molar-refractivity contribution in [3.05, 3.63) is 21.3 Å². The first-order valence-electron chi connectivity index (χ1n) is 7.94. The van der Waals surface area contributed by atoms with Crippen molar-refractivity contribution in [3.63, 3.8) is 0 Å². The molecule has 144 valence electrons. The van der Waals surface area contributed by atoms with E-state index in [1.54, 1.807) is 0 Å². The zero-order valence-corrected chi connectivity index (χ0v) is 17.8. The van der Waals surface area contributed by atoms with Crippen LogP contribution in [0.4, 0.5) is 13.2 Å². The average Bonchev–Trinajstić information content (AvgIpc) is 3.07. The lowest BCUT2D eigenvalue weighted by molar-refractivity contribution is -0.143. The Morgan fingerprint density at radius 2 is 2.20 bits per heavy atom. The molecule has 1 saturated heterocycles. The van der Waals surface area contributed by atoms with Crippen LogP contribution in [0.1, 0.15) is 18.2 Å². The number of halogens is 5. The largest absolute Gasteiger partial charge is 0.401 e.